The van der Waals surface area contributed by atoms with Crippen molar-refractivity contribution in [1.29, 1.82) is 0 Å². The first-order valence-corrected chi connectivity index (χ1v) is 10.7. The van der Waals surface area contributed by atoms with Crippen molar-refractivity contribution in [2.45, 2.75) is 11.8 Å². The van der Waals surface area contributed by atoms with E-state index in [0.717, 1.165) is 21.1 Å². The van der Waals surface area contributed by atoms with Gasteiger partial charge in [0.2, 0.25) is 15.9 Å². The molecule has 0 atom stereocenters. The molecule has 0 bridgehead atoms. The Morgan fingerprint density at radius 1 is 1.13 bits per heavy atom. The van der Waals surface area contributed by atoms with Crippen LogP contribution in [0.2, 0.25) is 0 Å². The van der Waals surface area contributed by atoms with Gasteiger partial charge in [-0.15, -0.1) is 0 Å². The zero-order valence-electron chi connectivity index (χ0n) is 17.2. The van der Waals surface area contributed by atoms with E-state index >= 15 is 0 Å². The minimum Gasteiger partial charge on any atom is -0.343 e. The predicted molar refractivity (Wildman–Crippen MR) is 115 cm³/mol. The van der Waals surface area contributed by atoms with E-state index in [0.29, 0.717) is 5.82 Å². The highest BCUT2D eigenvalue weighted by Gasteiger charge is 2.19. The maximum Gasteiger partial charge on any atom is 0.251 e. The molecule has 0 saturated heterocycles. The summed E-state index contributed by atoms with van der Waals surface area (Å²) in [7, 11) is -0.859. The van der Waals surface area contributed by atoms with Crippen LogP contribution in [0.15, 0.2) is 53.7 Å². The highest BCUT2D eigenvalue weighted by atomic mass is 32.2. The molecule has 2 amide bonds. The minimum absolute atomic E-state index is 0.00890. The van der Waals surface area contributed by atoms with Crippen LogP contribution in [0, 0.1) is 6.92 Å². The Labute approximate surface area is 179 Å². The smallest absolute Gasteiger partial charge is 0.251 e. The Balaban J connectivity index is 1.63. The van der Waals surface area contributed by atoms with Gasteiger partial charge in [-0.25, -0.2) is 12.7 Å². The van der Waals surface area contributed by atoms with Crippen LogP contribution in [0.4, 0.5) is 5.82 Å². The molecule has 3 aromatic rings. The standard InChI is InChI=1S/C20H22N6O4S/c1-13-18(14-7-9-21-10-8-14)24-25-19(13)23-17(27)12-22-20(28)15-5-4-6-16(11-15)31(29,30)26(2)3/h4-11H,12H2,1-3H3,(H,22,28)(H2,23,24,25,27). The largest absolute Gasteiger partial charge is 0.343 e. The predicted octanol–water partition coefficient (Wildman–Crippen LogP) is 1.40. The second-order valence-corrected chi connectivity index (χ2v) is 9.01. The van der Waals surface area contributed by atoms with Crippen LogP contribution < -0.4 is 10.6 Å². The van der Waals surface area contributed by atoms with E-state index in [1.54, 1.807) is 12.4 Å². The number of rotatable bonds is 7. The second kappa shape index (κ2) is 9.06. The van der Waals surface area contributed by atoms with Gasteiger partial charge in [-0.1, -0.05) is 6.07 Å². The van der Waals surface area contributed by atoms with Crippen molar-refractivity contribution < 1.29 is 18.0 Å². The van der Waals surface area contributed by atoms with E-state index in [1.807, 2.05) is 19.1 Å². The number of benzene rings is 1. The Bertz CT molecular complexity index is 1210. The van der Waals surface area contributed by atoms with Gasteiger partial charge in [0.05, 0.1) is 17.1 Å². The lowest BCUT2D eigenvalue weighted by Crippen LogP contribution is -2.33. The molecule has 11 heteroatoms. The quantitative estimate of drug-likeness (QED) is 0.506. The molecule has 0 spiro atoms. The summed E-state index contributed by atoms with van der Waals surface area (Å²) < 4.78 is 25.5. The average molecular weight is 443 g/mol. The lowest BCUT2D eigenvalue weighted by atomic mass is 10.1. The van der Waals surface area contributed by atoms with Crippen molar-refractivity contribution in [1.82, 2.24) is 24.8 Å². The number of carbonyl (C=O) groups excluding carboxylic acids is 2. The van der Waals surface area contributed by atoms with Crippen LogP contribution in [0.1, 0.15) is 15.9 Å². The molecule has 162 valence electrons. The Morgan fingerprint density at radius 2 is 1.84 bits per heavy atom. The van der Waals surface area contributed by atoms with Crippen LogP contribution >= 0.6 is 0 Å². The topological polar surface area (TPSA) is 137 Å². The summed E-state index contributed by atoms with van der Waals surface area (Å²) >= 11 is 0. The monoisotopic (exact) mass is 442 g/mol. The fourth-order valence-electron chi connectivity index (χ4n) is 2.77. The third-order valence-corrected chi connectivity index (χ3v) is 6.33. The van der Waals surface area contributed by atoms with E-state index in [4.69, 9.17) is 0 Å². The molecule has 2 heterocycles. The van der Waals surface area contributed by atoms with Gasteiger partial charge >= 0.3 is 0 Å². The van der Waals surface area contributed by atoms with Gasteiger partial charge in [0.25, 0.3) is 5.91 Å². The summed E-state index contributed by atoms with van der Waals surface area (Å²) in [5, 5.41) is 12.1. The van der Waals surface area contributed by atoms with Crippen LogP contribution in [0.3, 0.4) is 0 Å². The van der Waals surface area contributed by atoms with Gasteiger partial charge in [0.1, 0.15) is 0 Å². The van der Waals surface area contributed by atoms with Gasteiger partial charge in [0, 0.05) is 43.2 Å². The molecule has 0 aliphatic rings. The van der Waals surface area contributed by atoms with Crippen molar-refractivity contribution >= 4 is 27.7 Å². The first kappa shape index (κ1) is 22.1. The Kier molecular flexibility index (Phi) is 6.47. The van der Waals surface area contributed by atoms with Crippen molar-refractivity contribution in [3.05, 3.63) is 59.9 Å². The number of hydrogen-bond acceptors (Lipinski definition) is 6. The molecule has 31 heavy (non-hydrogen) atoms. The number of carbonyl (C=O) groups is 2. The summed E-state index contributed by atoms with van der Waals surface area (Å²) in [5.41, 5.74) is 2.50. The molecule has 0 fully saturated rings. The third kappa shape index (κ3) is 4.95. The number of aromatic nitrogens is 3. The molecular weight excluding hydrogens is 420 g/mol. The lowest BCUT2D eigenvalue weighted by molar-refractivity contribution is -0.115. The van der Waals surface area contributed by atoms with Crippen molar-refractivity contribution in [3.8, 4) is 11.3 Å². The normalized spacial score (nSPS) is 11.4. The number of anilines is 1. The van der Waals surface area contributed by atoms with Crippen LogP contribution in [-0.2, 0) is 14.8 Å². The zero-order chi connectivity index (χ0) is 22.6. The molecule has 0 radical (unpaired) electrons. The third-order valence-electron chi connectivity index (χ3n) is 4.52. The zero-order valence-corrected chi connectivity index (χ0v) is 18.0. The number of pyridine rings is 1. The van der Waals surface area contributed by atoms with E-state index in [2.05, 4.69) is 25.8 Å². The highest BCUT2D eigenvalue weighted by Crippen LogP contribution is 2.25. The average Bonchev–Trinajstić information content (AvgIpc) is 3.12. The summed E-state index contributed by atoms with van der Waals surface area (Å²) in [6.45, 7) is 1.50. The highest BCUT2D eigenvalue weighted by molar-refractivity contribution is 7.89. The molecule has 2 aromatic heterocycles. The number of H-pyrrole nitrogens is 1. The number of hydrogen-bond donors (Lipinski definition) is 3. The molecule has 1 aromatic carbocycles. The van der Waals surface area contributed by atoms with Crippen LogP contribution in [0.25, 0.3) is 11.3 Å². The van der Waals surface area contributed by atoms with Crippen LogP contribution in [0.5, 0.6) is 0 Å². The van der Waals surface area contributed by atoms with Crippen molar-refractivity contribution in [3.63, 3.8) is 0 Å². The summed E-state index contributed by atoms with van der Waals surface area (Å²) in [6, 6.07) is 9.24. The van der Waals surface area contributed by atoms with E-state index < -0.39 is 21.8 Å². The molecule has 0 aliphatic heterocycles. The fourth-order valence-corrected chi connectivity index (χ4v) is 3.71. The van der Waals surface area contributed by atoms with E-state index in [9.17, 15) is 18.0 Å². The number of nitrogens with one attached hydrogen (secondary N) is 3. The first-order chi connectivity index (χ1) is 14.7. The fraction of sp³-hybridized carbons (Fsp3) is 0.200. The second-order valence-electron chi connectivity index (χ2n) is 6.85. The SMILES string of the molecule is Cc1c(NC(=O)CNC(=O)c2cccc(S(=O)(=O)N(C)C)c2)n[nH]c1-c1ccncc1. The molecule has 10 nitrogen and oxygen atoms in total. The summed E-state index contributed by atoms with van der Waals surface area (Å²) in [5.74, 6) is -0.686. The summed E-state index contributed by atoms with van der Waals surface area (Å²) in [6.07, 6.45) is 3.31. The van der Waals surface area contributed by atoms with Gasteiger partial charge in [0.15, 0.2) is 5.82 Å². The molecule has 3 N–H and O–H groups in total. The van der Waals surface area contributed by atoms with Gasteiger partial charge in [-0.05, 0) is 37.3 Å². The Morgan fingerprint density at radius 3 is 2.52 bits per heavy atom. The molecule has 0 aliphatic carbocycles. The number of sulfonamides is 1. The van der Waals surface area contributed by atoms with Gasteiger partial charge in [-0.2, -0.15) is 5.10 Å². The molecule has 3 rings (SSSR count). The Hall–Kier alpha value is -3.57. The number of aromatic amines is 1. The minimum atomic E-state index is -3.67. The molecule has 0 saturated carbocycles. The van der Waals surface area contributed by atoms with E-state index in [-0.39, 0.29) is 17.0 Å². The summed E-state index contributed by atoms with van der Waals surface area (Å²) in [4.78, 5) is 28.6. The van der Waals surface area contributed by atoms with Gasteiger partial charge in [-0.3, -0.25) is 19.7 Å². The van der Waals surface area contributed by atoms with Crippen molar-refractivity contribution in [2.75, 3.05) is 26.0 Å². The first-order valence-electron chi connectivity index (χ1n) is 9.26. The maximum atomic E-state index is 12.4. The number of nitrogens with zero attached hydrogens (tertiary/aromatic N) is 3. The lowest BCUT2D eigenvalue weighted by Gasteiger charge is -2.12. The molecular formula is C20H22N6O4S. The van der Waals surface area contributed by atoms with Crippen molar-refractivity contribution in [2.24, 2.45) is 0 Å². The number of amides is 2. The maximum absolute atomic E-state index is 12.4. The molecule has 0 unspecified atom stereocenters. The van der Waals surface area contributed by atoms with Crippen LogP contribution in [-0.4, -0.2) is 60.4 Å². The van der Waals surface area contributed by atoms with E-state index in [1.165, 1.54) is 38.4 Å². The van der Waals surface area contributed by atoms with Gasteiger partial charge < -0.3 is 10.6 Å².